The number of Topliss-reactive ketones (excluding diaryl/α,β-unsaturated/α-hetero) is 1. The monoisotopic (exact) mass is 218 g/mol. The van der Waals surface area contributed by atoms with Crippen molar-refractivity contribution < 1.29 is 4.79 Å². The van der Waals surface area contributed by atoms with Gasteiger partial charge in [-0.25, -0.2) is 0 Å². The summed E-state index contributed by atoms with van der Waals surface area (Å²) >= 11 is 0. The van der Waals surface area contributed by atoms with Gasteiger partial charge in [-0.05, 0) is 44.8 Å². The van der Waals surface area contributed by atoms with E-state index in [2.05, 4.69) is 6.26 Å². The van der Waals surface area contributed by atoms with Gasteiger partial charge in [-0.2, -0.15) is 0 Å². The Morgan fingerprint density at radius 2 is 1.92 bits per heavy atom. The number of ketones is 1. The summed E-state index contributed by atoms with van der Waals surface area (Å²) in [5.41, 5.74) is 0. The number of hydrogen-bond donors (Lipinski definition) is 0. The fourth-order valence-corrected chi connectivity index (χ4v) is 3.55. The first kappa shape index (κ1) is 11.4. The van der Waals surface area contributed by atoms with E-state index in [1.165, 1.54) is 18.6 Å². The predicted octanol–water partition coefficient (Wildman–Crippen LogP) is 3.39. The summed E-state index contributed by atoms with van der Waals surface area (Å²) < 4.78 is 0. The van der Waals surface area contributed by atoms with Gasteiger partial charge in [0.1, 0.15) is 5.78 Å². The zero-order chi connectivity index (χ0) is 9.68. The normalized spacial score (nSPS) is 28.8. The third-order valence-electron chi connectivity index (χ3n) is 2.84. The second-order valence-electron chi connectivity index (χ2n) is 3.78. The molecule has 0 aromatic carbocycles. The summed E-state index contributed by atoms with van der Waals surface area (Å²) in [4.78, 5) is 11.1. The summed E-state index contributed by atoms with van der Waals surface area (Å²) in [7, 11) is 3.81. The van der Waals surface area contributed by atoms with Gasteiger partial charge in [-0.1, -0.05) is 21.6 Å². The number of carbonyl (C=O) groups excluding carboxylic acids is 1. The largest absolute Gasteiger partial charge is 0.300 e. The highest BCUT2D eigenvalue weighted by atomic mass is 33.1. The third-order valence-corrected chi connectivity index (χ3v) is 4.80. The molecular formula is C10H18OS2. The molecule has 0 atom stereocenters. The van der Waals surface area contributed by atoms with E-state index >= 15 is 0 Å². The summed E-state index contributed by atoms with van der Waals surface area (Å²) in [5.74, 6) is 2.92. The number of hydrogen-bond acceptors (Lipinski definition) is 3. The molecule has 13 heavy (non-hydrogen) atoms. The van der Waals surface area contributed by atoms with Crippen LogP contribution in [-0.4, -0.2) is 17.8 Å². The Labute approximate surface area is 88.8 Å². The molecule has 0 unspecified atom stereocenters. The van der Waals surface area contributed by atoms with Crippen LogP contribution in [0.4, 0.5) is 0 Å². The molecule has 0 aromatic rings. The van der Waals surface area contributed by atoms with Crippen LogP contribution in [0, 0.1) is 11.8 Å². The van der Waals surface area contributed by atoms with Crippen molar-refractivity contribution in [1.29, 1.82) is 0 Å². The molecule has 0 saturated heterocycles. The highest BCUT2D eigenvalue weighted by molar-refractivity contribution is 8.76. The van der Waals surface area contributed by atoms with Crippen LogP contribution >= 0.6 is 21.6 Å². The van der Waals surface area contributed by atoms with Crippen molar-refractivity contribution in [1.82, 2.24) is 0 Å². The van der Waals surface area contributed by atoms with E-state index in [4.69, 9.17) is 0 Å². The van der Waals surface area contributed by atoms with Gasteiger partial charge in [0.2, 0.25) is 0 Å². The lowest BCUT2D eigenvalue weighted by Gasteiger charge is -2.26. The van der Waals surface area contributed by atoms with Gasteiger partial charge in [0.15, 0.2) is 0 Å². The second kappa shape index (κ2) is 5.97. The van der Waals surface area contributed by atoms with E-state index in [0.29, 0.717) is 11.7 Å². The molecule has 0 N–H and O–H groups in total. The summed E-state index contributed by atoms with van der Waals surface area (Å²) in [6.45, 7) is 1.74. The van der Waals surface area contributed by atoms with Crippen molar-refractivity contribution >= 4 is 27.4 Å². The van der Waals surface area contributed by atoms with E-state index < -0.39 is 0 Å². The first-order chi connectivity index (χ1) is 6.24. The van der Waals surface area contributed by atoms with Crippen LogP contribution in [0.1, 0.15) is 32.6 Å². The molecular weight excluding hydrogens is 200 g/mol. The molecule has 0 bridgehead atoms. The van der Waals surface area contributed by atoms with Crippen molar-refractivity contribution in [2.75, 3.05) is 12.0 Å². The maximum atomic E-state index is 11.1. The van der Waals surface area contributed by atoms with Crippen molar-refractivity contribution in [3.05, 3.63) is 0 Å². The summed E-state index contributed by atoms with van der Waals surface area (Å²) in [5, 5.41) is 0. The van der Waals surface area contributed by atoms with Crippen molar-refractivity contribution in [2.24, 2.45) is 11.8 Å². The average Bonchev–Trinajstić information content (AvgIpc) is 2.15. The van der Waals surface area contributed by atoms with Gasteiger partial charge in [0, 0.05) is 11.7 Å². The summed E-state index contributed by atoms with van der Waals surface area (Å²) in [6, 6.07) is 0. The average molecular weight is 218 g/mol. The standard InChI is InChI=1S/C10H18OS2/c1-8(11)10-5-3-9(4-6-10)7-13-12-2/h9-10H,3-7H2,1-2H3/t9-,10-. The van der Waals surface area contributed by atoms with Crippen LogP contribution in [0.5, 0.6) is 0 Å². The van der Waals surface area contributed by atoms with E-state index in [1.807, 2.05) is 21.6 Å². The smallest absolute Gasteiger partial charge is 0.132 e. The minimum atomic E-state index is 0.385. The van der Waals surface area contributed by atoms with Gasteiger partial charge in [0.05, 0.1) is 0 Å². The number of carbonyl (C=O) groups is 1. The Morgan fingerprint density at radius 3 is 2.38 bits per heavy atom. The quantitative estimate of drug-likeness (QED) is 0.673. The van der Waals surface area contributed by atoms with E-state index in [1.54, 1.807) is 6.92 Å². The predicted molar refractivity (Wildman–Crippen MR) is 62.1 cm³/mol. The highest BCUT2D eigenvalue weighted by Crippen LogP contribution is 2.33. The minimum Gasteiger partial charge on any atom is -0.300 e. The molecule has 1 aliphatic rings. The Bertz CT molecular complexity index is 162. The Balaban J connectivity index is 2.18. The molecule has 1 rings (SSSR count). The van der Waals surface area contributed by atoms with Crippen LogP contribution in [-0.2, 0) is 4.79 Å². The molecule has 3 heteroatoms. The van der Waals surface area contributed by atoms with Gasteiger partial charge in [-0.3, -0.25) is 4.79 Å². The third kappa shape index (κ3) is 3.94. The molecule has 1 saturated carbocycles. The van der Waals surface area contributed by atoms with Crippen molar-refractivity contribution in [3.63, 3.8) is 0 Å². The van der Waals surface area contributed by atoms with Gasteiger partial charge in [-0.15, -0.1) is 0 Å². The van der Waals surface area contributed by atoms with E-state index in [9.17, 15) is 4.79 Å². The number of rotatable bonds is 4. The van der Waals surface area contributed by atoms with Crippen LogP contribution < -0.4 is 0 Å². The zero-order valence-corrected chi connectivity index (χ0v) is 10.0. The molecule has 0 heterocycles. The van der Waals surface area contributed by atoms with Gasteiger partial charge >= 0.3 is 0 Å². The SMILES string of the molecule is CSSC[C@H]1CC[C@H](C(C)=O)CC1. The molecule has 0 aliphatic heterocycles. The molecule has 0 aromatic heterocycles. The molecule has 0 amide bonds. The lowest BCUT2D eigenvalue weighted by atomic mass is 9.81. The van der Waals surface area contributed by atoms with E-state index in [0.717, 1.165) is 18.8 Å². The molecule has 0 radical (unpaired) electrons. The van der Waals surface area contributed by atoms with Crippen LogP contribution in [0.3, 0.4) is 0 Å². The zero-order valence-electron chi connectivity index (χ0n) is 8.41. The molecule has 1 fully saturated rings. The maximum absolute atomic E-state index is 11.1. The van der Waals surface area contributed by atoms with Crippen molar-refractivity contribution in [3.8, 4) is 0 Å². The topological polar surface area (TPSA) is 17.1 Å². The Kier molecular flexibility index (Phi) is 5.25. The highest BCUT2D eigenvalue weighted by Gasteiger charge is 2.23. The Morgan fingerprint density at radius 1 is 1.31 bits per heavy atom. The maximum Gasteiger partial charge on any atom is 0.132 e. The Hall–Kier alpha value is 0.370. The van der Waals surface area contributed by atoms with Gasteiger partial charge < -0.3 is 0 Å². The molecule has 1 aliphatic carbocycles. The summed E-state index contributed by atoms with van der Waals surface area (Å²) in [6.07, 6.45) is 6.92. The lowest BCUT2D eigenvalue weighted by molar-refractivity contribution is -0.121. The van der Waals surface area contributed by atoms with Crippen molar-refractivity contribution in [2.45, 2.75) is 32.6 Å². The first-order valence-corrected chi connectivity index (χ1v) is 7.62. The molecule has 0 spiro atoms. The van der Waals surface area contributed by atoms with Crippen LogP contribution in [0.15, 0.2) is 0 Å². The van der Waals surface area contributed by atoms with Crippen LogP contribution in [0.2, 0.25) is 0 Å². The fraction of sp³-hybridized carbons (Fsp3) is 0.900. The molecule has 1 nitrogen and oxygen atoms in total. The van der Waals surface area contributed by atoms with Gasteiger partial charge in [0.25, 0.3) is 0 Å². The fourth-order valence-electron chi connectivity index (χ4n) is 1.90. The molecule has 76 valence electrons. The first-order valence-electron chi connectivity index (χ1n) is 4.90. The minimum absolute atomic E-state index is 0.385. The van der Waals surface area contributed by atoms with Crippen LogP contribution in [0.25, 0.3) is 0 Å². The lowest BCUT2D eigenvalue weighted by Crippen LogP contribution is -2.20. The van der Waals surface area contributed by atoms with E-state index in [-0.39, 0.29) is 0 Å². The second-order valence-corrected chi connectivity index (χ2v) is 6.39.